The van der Waals surface area contributed by atoms with Crippen LogP contribution in [0.5, 0.6) is 0 Å². The molecule has 0 fully saturated rings. The molecule has 5 rings (SSSR count). The molecule has 0 bridgehead atoms. The molecule has 0 spiro atoms. The number of carbonyl (C=O) groups is 2. The van der Waals surface area contributed by atoms with Gasteiger partial charge in [0.15, 0.2) is 0 Å². The van der Waals surface area contributed by atoms with Crippen LogP contribution in [0, 0.1) is 20.8 Å². The summed E-state index contributed by atoms with van der Waals surface area (Å²) in [5.74, 6) is -0.512. The zero-order valence-corrected chi connectivity index (χ0v) is 18.7. The van der Waals surface area contributed by atoms with E-state index >= 15 is 0 Å². The number of fused-ring (bicyclic) bond motifs is 1. The van der Waals surface area contributed by atoms with Gasteiger partial charge in [-0.05, 0) is 68.0 Å². The predicted molar refractivity (Wildman–Crippen MR) is 129 cm³/mol. The van der Waals surface area contributed by atoms with E-state index in [1.165, 1.54) is 10.5 Å². The molecule has 0 radical (unpaired) electrons. The highest BCUT2D eigenvalue weighted by molar-refractivity contribution is 6.46. The Morgan fingerprint density at radius 1 is 0.750 bits per heavy atom. The van der Waals surface area contributed by atoms with Crippen LogP contribution in [0.1, 0.15) is 34.2 Å². The van der Waals surface area contributed by atoms with Crippen molar-refractivity contribution in [1.82, 2.24) is 0 Å². The summed E-state index contributed by atoms with van der Waals surface area (Å²) in [6.07, 6.45) is 1.91. The number of imide groups is 1. The fourth-order valence-corrected chi connectivity index (χ4v) is 4.71. The first-order valence-electron chi connectivity index (χ1n) is 11.1. The molecule has 0 unspecified atom stereocenters. The molecule has 0 saturated heterocycles. The Bertz CT molecular complexity index is 1270. The van der Waals surface area contributed by atoms with Gasteiger partial charge in [-0.25, -0.2) is 4.90 Å². The molecule has 0 aromatic heterocycles. The number of hydrogen-bond acceptors (Lipinski definition) is 3. The molecule has 0 saturated carbocycles. The molecule has 32 heavy (non-hydrogen) atoms. The van der Waals surface area contributed by atoms with Crippen LogP contribution in [0.4, 0.5) is 11.4 Å². The van der Waals surface area contributed by atoms with E-state index in [4.69, 9.17) is 0 Å². The van der Waals surface area contributed by atoms with Crippen molar-refractivity contribution in [3.63, 3.8) is 0 Å². The summed E-state index contributed by atoms with van der Waals surface area (Å²) in [5, 5.41) is 0. The third-order valence-electron chi connectivity index (χ3n) is 6.60. The van der Waals surface area contributed by atoms with Crippen molar-refractivity contribution in [3.8, 4) is 0 Å². The van der Waals surface area contributed by atoms with E-state index in [-0.39, 0.29) is 11.8 Å². The van der Waals surface area contributed by atoms with E-state index in [0.29, 0.717) is 23.5 Å². The number of para-hydroxylation sites is 1. The van der Waals surface area contributed by atoms with Crippen LogP contribution >= 0.6 is 0 Å². The first-order chi connectivity index (χ1) is 15.5. The van der Waals surface area contributed by atoms with E-state index in [2.05, 4.69) is 11.0 Å². The molecule has 0 aliphatic carbocycles. The van der Waals surface area contributed by atoms with Crippen LogP contribution in [0.15, 0.2) is 72.4 Å². The van der Waals surface area contributed by atoms with Crippen molar-refractivity contribution in [1.29, 1.82) is 0 Å². The number of anilines is 2. The molecule has 0 atom stereocenters. The maximum absolute atomic E-state index is 13.9. The van der Waals surface area contributed by atoms with Gasteiger partial charge in [0, 0.05) is 12.2 Å². The highest BCUT2D eigenvalue weighted by atomic mass is 16.2. The van der Waals surface area contributed by atoms with E-state index in [1.54, 1.807) is 0 Å². The summed E-state index contributed by atoms with van der Waals surface area (Å²) in [7, 11) is 0. The molecule has 2 amide bonds. The number of benzene rings is 3. The minimum atomic E-state index is -0.259. The third kappa shape index (κ3) is 3.14. The first kappa shape index (κ1) is 20.3. The molecule has 3 aromatic carbocycles. The molecular formula is C28H26N2O2. The number of aryl methyl sites for hydroxylation is 3. The summed E-state index contributed by atoms with van der Waals surface area (Å²) in [6, 6.07) is 21.8. The third-order valence-corrected chi connectivity index (χ3v) is 6.60. The second kappa shape index (κ2) is 7.79. The SMILES string of the molecule is Cc1ccc(C2=C(N3CCCc4ccccc43)C(=O)N(c3cccc(C)c3C)C2=O)cc1. The minimum absolute atomic E-state index is 0.254. The van der Waals surface area contributed by atoms with Crippen LogP contribution in [-0.4, -0.2) is 18.4 Å². The summed E-state index contributed by atoms with van der Waals surface area (Å²) < 4.78 is 0. The first-order valence-corrected chi connectivity index (χ1v) is 11.1. The molecule has 0 N–H and O–H groups in total. The number of hydrogen-bond donors (Lipinski definition) is 0. The van der Waals surface area contributed by atoms with Gasteiger partial charge >= 0.3 is 0 Å². The van der Waals surface area contributed by atoms with Crippen molar-refractivity contribution in [2.75, 3.05) is 16.3 Å². The predicted octanol–water partition coefficient (Wildman–Crippen LogP) is 5.35. The van der Waals surface area contributed by atoms with Crippen molar-refractivity contribution >= 4 is 28.8 Å². The topological polar surface area (TPSA) is 40.6 Å². The molecule has 2 heterocycles. The van der Waals surface area contributed by atoms with Gasteiger partial charge in [-0.3, -0.25) is 9.59 Å². The fourth-order valence-electron chi connectivity index (χ4n) is 4.71. The highest BCUT2D eigenvalue weighted by Gasteiger charge is 2.44. The number of amides is 2. The monoisotopic (exact) mass is 422 g/mol. The second-order valence-corrected chi connectivity index (χ2v) is 8.64. The summed E-state index contributed by atoms with van der Waals surface area (Å²) >= 11 is 0. The molecule has 3 aromatic rings. The van der Waals surface area contributed by atoms with Crippen molar-refractivity contribution < 1.29 is 9.59 Å². The Morgan fingerprint density at radius 2 is 1.47 bits per heavy atom. The average Bonchev–Trinajstić information content (AvgIpc) is 3.06. The average molecular weight is 423 g/mol. The Balaban J connectivity index is 1.72. The molecule has 2 aliphatic heterocycles. The number of rotatable bonds is 3. The summed E-state index contributed by atoms with van der Waals surface area (Å²) in [6.45, 7) is 6.69. The number of carbonyl (C=O) groups excluding carboxylic acids is 2. The maximum atomic E-state index is 13.9. The summed E-state index contributed by atoms with van der Waals surface area (Å²) in [4.78, 5) is 31.2. The lowest BCUT2D eigenvalue weighted by Crippen LogP contribution is -2.37. The lowest BCUT2D eigenvalue weighted by Gasteiger charge is -2.32. The van der Waals surface area contributed by atoms with Gasteiger partial charge in [0.05, 0.1) is 11.3 Å². The molecule has 4 heteroatoms. The molecule has 160 valence electrons. The Hall–Kier alpha value is -3.66. The Labute approximate surface area is 188 Å². The van der Waals surface area contributed by atoms with Crippen molar-refractivity contribution in [2.45, 2.75) is 33.6 Å². The van der Waals surface area contributed by atoms with Crippen molar-refractivity contribution in [2.24, 2.45) is 0 Å². The Kier molecular flexibility index (Phi) is 4.93. The van der Waals surface area contributed by atoms with E-state index < -0.39 is 0 Å². The fraction of sp³-hybridized carbons (Fsp3) is 0.214. The largest absolute Gasteiger partial charge is 0.336 e. The van der Waals surface area contributed by atoms with Gasteiger partial charge in [-0.2, -0.15) is 0 Å². The quantitative estimate of drug-likeness (QED) is 0.534. The molecule has 4 nitrogen and oxygen atoms in total. The van der Waals surface area contributed by atoms with E-state index in [0.717, 1.165) is 40.8 Å². The van der Waals surface area contributed by atoms with Gasteiger partial charge < -0.3 is 4.90 Å². The van der Waals surface area contributed by atoms with Crippen LogP contribution in [0.2, 0.25) is 0 Å². The smallest absolute Gasteiger partial charge is 0.282 e. The second-order valence-electron chi connectivity index (χ2n) is 8.64. The van der Waals surface area contributed by atoms with Gasteiger partial charge in [-0.1, -0.05) is 60.2 Å². The zero-order chi connectivity index (χ0) is 22.4. The van der Waals surface area contributed by atoms with Crippen LogP contribution in [0.3, 0.4) is 0 Å². The lowest BCUT2D eigenvalue weighted by molar-refractivity contribution is -0.120. The van der Waals surface area contributed by atoms with Gasteiger partial charge in [0.1, 0.15) is 5.70 Å². The van der Waals surface area contributed by atoms with E-state index in [9.17, 15) is 9.59 Å². The molecule has 2 aliphatic rings. The normalized spacial score (nSPS) is 16.1. The molecular weight excluding hydrogens is 396 g/mol. The lowest BCUT2D eigenvalue weighted by atomic mass is 9.98. The van der Waals surface area contributed by atoms with E-state index in [1.807, 2.05) is 81.4 Å². The van der Waals surface area contributed by atoms with Gasteiger partial charge in [0.25, 0.3) is 11.8 Å². The van der Waals surface area contributed by atoms with Crippen LogP contribution in [-0.2, 0) is 16.0 Å². The highest BCUT2D eigenvalue weighted by Crippen LogP contribution is 2.40. The Morgan fingerprint density at radius 3 is 2.25 bits per heavy atom. The van der Waals surface area contributed by atoms with Gasteiger partial charge in [-0.15, -0.1) is 0 Å². The minimum Gasteiger partial charge on any atom is -0.336 e. The summed E-state index contributed by atoms with van der Waals surface area (Å²) in [5.41, 5.74) is 7.73. The van der Waals surface area contributed by atoms with Crippen molar-refractivity contribution in [3.05, 3.63) is 100 Å². The van der Waals surface area contributed by atoms with Crippen LogP contribution in [0.25, 0.3) is 5.57 Å². The maximum Gasteiger partial charge on any atom is 0.282 e. The van der Waals surface area contributed by atoms with Gasteiger partial charge in [0.2, 0.25) is 0 Å². The van der Waals surface area contributed by atoms with Crippen LogP contribution < -0.4 is 9.80 Å². The number of nitrogens with zero attached hydrogens (tertiary/aromatic N) is 2. The zero-order valence-electron chi connectivity index (χ0n) is 18.7. The standard InChI is InChI=1S/C28H26N2O2/c1-18-13-15-22(16-14-18)25-26(29-17-7-10-21-9-4-5-11-24(21)29)28(32)30(27(25)31)23-12-6-8-19(2)20(23)3/h4-6,8-9,11-16H,7,10,17H2,1-3H3.